The van der Waals surface area contributed by atoms with Gasteiger partial charge in [0.1, 0.15) is 0 Å². The van der Waals surface area contributed by atoms with Crippen LogP contribution in [0.2, 0.25) is 0 Å². The Balaban J connectivity index is 2.59. The molecule has 0 spiro atoms. The largest absolute Gasteiger partial charge is 0.320 e. The monoisotopic (exact) mass is 295 g/mol. The van der Waals surface area contributed by atoms with E-state index in [1.807, 2.05) is 25.1 Å². The van der Waals surface area contributed by atoms with Gasteiger partial charge in [-0.15, -0.1) is 0 Å². The van der Waals surface area contributed by atoms with Gasteiger partial charge in [0.2, 0.25) is 0 Å². The number of benzene rings is 1. The normalized spacial score (nSPS) is 11.5. The topological polar surface area (TPSA) is 73.2 Å². The number of sulfone groups is 1. The Labute approximate surface area is 121 Å². The van der Waals surface area contributed by atoms with Crippen LogP contribution in [0.1, 0.15) is 12.0 Å². The Bertz CT molecular complexity index is 564. The minimum atomic E-state index is -3.33. The van der Waals surface area contributed by atoms with Crippen molar-refractivity contribution < 1.29 is 8.42 Å². The van der Waals surface area contributed by atoms with Crippen molar-refractivity contribution in [3.8, 4) is 6.07 Å². The first-order chi connectivity index (χ1) is 9.49. The highest BCUT2D eigenvalue weighted by Crippen LogP contribution is 2.13. The van der Waals surface area contributed by atoms with Crippen LogP contribution in [0.4, 0.5) is 0 Å². The molecule has 110 valence electrons. The molecular formula is C14H21N3O2S. The van der Waals surface area contributed by atoms with E-state index in [1.165, 1.54) is 12.1 Å². The molecule has 0 aliphatic rings. The molecule has 0 amide bonds. The summed E-state index contributed by atoms with van der Waals surface area (Å²) in [5, 5.41) is 11.9. The van der Waals surface area contributed by atoms with Crippen molar-refractivity contribution in [2.45, 2.75) is 11.3 Å². The fraction of sp³-hybridized carbons (Fsp3) is 0.500. The molecule has 6 heteroatoms. The highest BCUT2D eigenvalue weighted by molar-refractivity contribution is 7.91. The van der Waals surface area contributed by atoms with Gasteiger partial charge in [-0.05, 0) is 51.8 Å². The SMILES string of the molecule is CNCCCN(C)CCS(=O)(=O)c1cccc(C#N)c1. The van der Waals surface area contributed by atoms with Gasteiger partial charge in [0.15, 0.2) is 9.84 Å². The molecule has 0 aliphatic heterocycles. The van der Waals surface area contributed by atoms with Crippen molar-refractivity contribution >= 4 is 9.84 Å². The Hall–Kier alpha value is -1.42. The van der Waals surface area contributed by atoms with E-state index in [0.717, 1.165) is 19.5 Å². The van der Waals surface area contributed by atoms with Crippen LogP contribution in [0, 0.1) is 11.3 Å². The molecule has 1 aromatic carbocycles. The minimum Gasteiger partial charge on any atom is -0.320 e. The zero-order valence-corrected chi connectivity index (χ0v) is 12.8. The van der Waals surface area contributed by atoms with Crippen LogP contribution in [-0.4, -0.2) is 52.8 Å². The van der Waals surface area contributed by atoms with Gasteiger partial charge in [-0.3, -0.25) is 0 Å². The van der Waals surface area contributed by atoms with Gasteiger partial charge in [0, 0.05) is 6.54 Å². The molecule has 0 heterocycles. The summed E-state index contributed by atoms with van der Waals surface area (Å²) in [6.07, 6.45) is 0.983. The summed E-state index contributed by atoms with van der Waals surface area (Å²) in [7, 11) is 0.482. The highest BCUT2D eigenvalue weighted by atomic mass is 32.2. The summed E-state index contributed by atoms with van der Waals surface area (Å²) < 4.78 is 24.4. The molecule has 0 atom stereocenters. The number of hydrogen-bond donors (Lipinski definition) is 1. The van der Waals surface area contributed by atoms with Crippen LogP contribution in [0.3, 0.4) is 0 Å². The van der Waals surface area contributed by atoms with E-state index in [0.29, 0.717) is 12.1 Å². The number of nitrogens with zero attached hydrogens (tertiary/aromatic N) is 2. The van der Waals surface area contributed by atoms with E-state index in [2.05, 4.69) is 5.32 Å². The Morgan fingerprint density at radius 2 is 2.10 bits per heavy atom. The Morgan fingerprint density at radius 1 is 1.35 bits per heavy atom. The van der Waals surface area contributed by atoms with Gasteiger partial charge < -0.3 is 10.2 Å². The zero-order valence-electron chi connectivity index (χ0n) is 12.0. The summed E-state index contributed by atoms with van der Waals surface area (Å²) in [4.78, 5) is 2.23. The van der Waals surface area contributed by atoms with Crippen molar-refractivity contribution in [1.82, 2.24) is 10.2 Å². The fourth-order valence-electron chi connectivity index (χ4n) is 1.79. The predicted molar refractivity (Wildman–Crippen MR) is 79.3 cm³/mol. The van der Waals surface area contributed by atoms with Gasteiger partial charge in [-0.2, -0.15) is 5.26 Å². The van der Waals surface area contributed by atoms with E-state index in [-0.39, 0.29) is 10.6 Å². The second-order valence-corrected chi connectivity index (χ2v) is 6.83. The second kappa shape index (κ2) is 8.00. The van der Waals surface area contributed by atoms with Gasteiger partial charge in [-0.25, -0.2) is 8.42 Å². The average molecular weight is 295 g/mol. The van der Waals surface area contributed by atoms with Gasteiger partial charge >= 0.3 is 0 Å². The molecule has 0 unspecified atom stereocenters. The summed E-state index contributed by atoms with van der Waals surface area (Å²) in [6.45, 7) is 2.26. The molecule has 0 fully saturated rings. The first-order valence-corrected chi connectivity index (χ1v) is 8.21. The van der Waals surface area contributed by atoms with E-state index in [1.54, 1.807) is 12.1 Å². The lowest BCUT2D eigenvalue weighted by Gasteiger charge is -2.16. The highest BCUT2D eigenvalue weighted by Gasteiger charge is 2.15. The predicted octanol–water partition coefficient (Wildman–Crippen LogP) is 0.873. The van der Waals surface area contributed by atoms with Crippen LogP contribution in [0.15, 0.2) is 29.2 Å². The average Bonchev–Trinajstić information content (AvgIpc) is 2.45. The molecule has 5 nitrogen and oxygen atoms in total. The maximum absolute atomic E-state index is 12.2. The maximum atomic E-state index is 12.2. The molecule has 1 aromatic rings. The van der Waals surface area contributed by atoms with Gasteiger partial charge in [-0.1, -0.05) is 6.07 Å². The van der Waals surface area contributed by atoms with Crippen molar-refractivity contribution in [2.75, 3.05) is 39.5 Å². The molecular weight excluding hydrogens is 274 g/mol. The van der Waals surface area contributed by atoms with E-state index < -0.39 is 9.84 Å². The lowest BCUT2D eigenvalue weighted by atomic mass is 10.2. The third kappa shape index (κ3) is 5.29. The molecule has 1 rings (SSSR count). The molecule has 20 heavy (non-hydrogen) atoms. The Kier molecular flexibility index (Phi) is 6.65. The fourth-order valence-corrected chi connectivity index (χ4v) is 3.17. The van der Waals surface area contributed by atoms with Crippen molar-refractivity contribution in [3.05, 3.63) is 29.8 Å². The first kappa shape index (κ1) is 16.6. The number of rotatable bonds is 8. The number of hydrogen-bond acceptors (Lipinski definition) is 5. The zero-order chi connectivity index (χ0) is 15.0. The van der Waals surface area contributed by atoms with Crippen LogP contribution < -0.4 is 5.32 Å². The second-order valence-electron chi connectivity index (χ2n) is 4.72. The van der Waals surface area contributed by atoms with E-state index in [9.17, 15) is 8.42 Å². The lowest BCUT2D eigenvalue weighted by molar-refractivity contribution is 0.346. The molecule has 0 saturated heterocycles. The molecule has 1 N–H and O–H groups in total. The maximum Gasteiger partial charge on any atom is 0.179 e. The number of nitrogens with one attached hydrogen (secondary N) is 1. The molecule has 0 radical (unpaired) electrons. The number of nitriles is 1. The summed E-state index contributed by atoms with van der Waals surface area (Å²) in [6, 6.07) is 8.12. The summed E-state index contributed by atoms with van der Waals surface area (Å²) in [5.41, 5.74) is 0.369. The molecule has 0 bridgehead atoms. The molecule has 0 aliphatic carbocycles. The van der Waals surface area contributed by atoms with Crippen LogP contribution in [-0.2, 0) is 9.84 Å². The van der Waals surface area contributed by atoms with Crippen LogP contribution in [0.25, 0.3) is 0 Å². The smallest absolute Gasteiger partial charge is 0.179 e. The Morgan fingerprint density at radius 3 is 2.75 bits per heavy atom. The van der Waals surface area contributed by atoms with Crippen LogP contribution >= 0.6 is 0 Å². The van der Waals surface area contributed by atoms with Crippen LogP contribution in [0.5, 0.6) is 0 Å². The molecule has 0 aromatic heterocycles. The summed E-state index contributed by atoms with van der Waals surface area (Å²) in [5.74, 6) is 0.0674. The molecule has 0 saturated carbocycles. The van der Waals surface area contributed by atoms with E-state index >= 15 is 0 Å². The van der Waals surface area contributed by atoms with Crippen molar-refractivity contribution in [2.24, 2.45) is 0 Å². The first-order valence-electron chi connectivity index (χ1n) is 6.55. The summed E-state index contributed by atoms with van der Waals surface area (Å²) >= 11 is 0. The van der Waals surface area contributed by atoms with Crippen molar-refractivity contribution in [3.63, 3.8) is 0 Å². The van der Waals surface area contributed by atoms with Crippen molar-refractivity contribution in [1.29, 1.82) is 5.26 Å². The standard InChI is InChI=1S/C14H21N3O2S/c1-16-7-4-8-17(2)9-10-20(18,19)14-6-3-5-13(11-14)12-15/h3,5-6,11,16H,4,7-10H2,1-2H3. The lowest BCUT2D eigenvalue weighted by Crippen LogP contribution is -2.28. The quantitative estimate of drug-likeness (QED) is 0.721. The third-order valence-electron chi connectivity index (χ3n) is 3.03. The van der Waals surface area contributed by atoms with Gasteiger partial charge in [0.25, 0.3) is 0 Å². The van der Waals surface area contributed by atoms with Gasteiger partial charge in [0.05, 0.1) is 22.3 Å². The van der Waals surface area contributed by atoms with E-state index in [4.69, 9.17) is 5.26 Å². The minimum absolute atomic E-state index is 0.0674. The third-order valence-corrected chi connectivity index (χ3v) is 4.72.